The Hall–Kier alpha value is -2.18. The lowest BCUT2D eigenvalue weighted by molar-refractivity contribution is -0.182. The molecule has 0 aromatic heterocycles. The number of halogens is 3. The van der Waals surface area contributed by atoms with E-state index in [-0.39, 0.29) is 18.9 Å². The van der Waals surface area contributed by atoms with Crippen molar-refractivity contribution in [1.82, 2.24) is 10.6 Å². The highest BCUT2D eigenvalue weighted by atomic mass is 19.4. The summed E-state index contributed by atoms with van der Waals surface area (Å²) in [5.41, 5.74) is 2.33. The molecule has 1 aromatic rings. The van der Waals surface area contributed by atoms with E-state index in [0.717, 1.165) is 18.7 Å². The molecular formula is C20H27F3N4. The summed E-state index contributed by atoms with van der Waals surface area (Å²) in [5, 5.41) is 6.54. The zero-order valence-electron chi connectivity index (χ0n) is 15.6. The Bertz CT molecular complexity index is 668. The van der Waals surface area contributed by atoms with E-state index in [0.29, 0.717) is 25.3 Å². The Morgan fingerprint density at radius 2 is 1.85 bits per heavy atom. The van der Waals surface area contributed by atoms with Crippen LogP contribution < -0.4 is 15.5 Å². The molecule has 27 heavy (non-hydrogen) atoms. The summed E-state index contributed by atoms with van der Waals surface area (Å²) in [4.78, 5) is 6.50. The topological polar surface area (TPSA) is 39.7 Å². The maximum Gasteiger partial charge on any atom is 0.391 e. The largest absolute Gasteiger partial charge is 0.391 e. The third-order valence-electron chi connectivity index (χ3n) is 5.31. The summed E-state index contributed by atoms with van der Waals surface area (Å²) >= 11 is 0. The standard InChI is InChI=1S/C20H27F3N4/c1-24-19(26-17-9-7-16(8-10-17)20(21,22)23)25-14-15-5-4-6-18(13-15)27-11-2-3-12-27/h2-6,13,16-17H,7-12,14H2,1H3,(H2,24,25,26). The zero-order valence-corrected chi connectivity index (χ0v) is 15.6. The van der Waals surface area contributed by atoms with E-state index in [1.807, 2.05) is 6.07 Å². The molecule has 148 valence electrons. The van der Waals surface area contributed by atoms with Crippen LogP contribution in [0.25, 0.3) is 0 Å². The summed E-state index contributed by atoms with van der Waals surface area (Å²) in [6, 6.07) is 8.39. The average Bonchev–Trinajstić information content (AvgIpc) is 3.20. The van der Waals surface area contributed by atoms with Crippen LogP contribution in [0.5, 0.6) is 0 Å². The van der Waals surface area contributed by atoms with Gasteiger partial charge in [0.15, 0.2) is 5.96 Å². The van der Waals surface area contributed by atoms with Crippen molar-refractivity contribution in [3.8, 4) is 0 Å². The van der Waals surface area contributed by atoms with Crippen LogP contribution in [-0.4, -0.2) is 38.3 Å². The highest BCUT2D eigenvalue weighted by Gasteiger charge is 2.41. The van der Waals surface area contributed by atoms with Crippen LogP contribution in [0.3, 0.4) is 0 Å². The maximum absolute atomic E-state index is 12.8. The summed E-state index contributed by atoms with van der Waals surface area (Å²) in [6.45, 7) is 2.48. The molecule has 1 fully saturated rings. The van der Waals surface area contributed by atoms with Gasteiger partial charge in [-0.15, -0.1) is 0 Å². The molecule has 0 unspecified atom stereocenters. The van der Waals surface area contributed by atoms with E-state index in [2.05, 4.69) is 50.9 Å². The van der Waals surface area contributed by atoms with Crippen LogP contribution in [0.4, 0.5) is 18.9 Å². The van der Waals surface area contributed by atoms with Crippen LogP contribution in [0.2, 0.25) is 0 Å². The summed E-state index contributed by atoms with van der Waals surface area (Å²) in [5.74, 6) is -0.521. The zero-order chi connectivity index (χ0) is 19.3. The SMILES string of the molecule is CN=C(NCc1cccc(N2CC=CC2)c1)NC1CCC(C(F)(F)F)CC1. The first kappa shape index (κ1) is 19.6. The van der Waals surface area contributed by atoms with Crippen molar-refractivity contribution in [1.29, 1.82) is 0 Å². The summed E-state index contributed by atoms with van der Waals surface area (Å²) in [6.07, 6.45) is 1.65. The third kappa shape index (κ3) is 5.40. The first-order valence-corrected chi connectivity index (χ1v) is 9.48. The molecule has 1 aliphatic carbocycles. The van der Waals surface area contributed by atoms with E-state index in [9.17, 15) is 13.2 Å². The fourth-order valence-corrected chi connectivity index (χ4v) is 3.69. The van der Waals surface area contributed by atoms with E-state index in [1.54, 1.807) is 7.05 Å². The normalized spacial score (nSPS) is 23.6. The Morgan fingerprint density at radius 1 is 1.15 bits per heavy atom. The second kappa shape index (κ2) is 8.67. The predicted octanol–water partition coefficient (Wildman–Crippen LogP) is 3.85. The van der Waals surface area contributed by atoms with Crippen LogP contribution in [0.1, 0.15) is 31.2 Å². The molecule has 1 aliphatic heterocycles. The van der Waals surface area contributed by atoms with Gasteiger partial charge in [0.2, 0.25) is 0 Å². The van der Waals surface area contributed by atoms with E-state index < -0.39 is 12.1 Å². The fraction of sp³-hybridized carbons (Fsp3) is 0.550. The highest BCUT2D eigenvalue weighted by molar-refractivity contribution is 5.80. The van der Waals surface area contributed by atoms with Crippen LogP contribution in [0, 0.1) is 5.92 Å². The van der Waals surface area contributed by atoms with Gasteiger partial charge in [-0.3, -0.25) is 4.99 Å². The molecule has 0 radical (unpaired) electrons. The number of anilines is 1. The number of rotatable bonds is 4. The first-order valence-electron chi connectivity index (χ1n) is 9.48. The molecular weight excluding hydrogens is 353 g/mol. The van der Waals surface area contributed by atoms with Gasteiger partial charge in [0.1, 0.15) is 0 Å². The number of aliphatic imine (C=N–C) groups is 1. The van der Waals surface area contributed by atoms with Crippen LogP contribution in [-0.2, 0) is 6.54 Å². The van der Waals surface area contributed by atoms with E-state index >= 15 is 0 Å². The lowest BCUT2D eigenvalue weighted by Crippen LogP contribution is -2.45. The Morgan fingerprint density at radius 3 is 2.48 bits per heavy atom. The number of benzene rings is 1. The minimum absolute atomic E-state index is 0.0387. The van der Waals surface area contributed by atoms with Gasteiger partial charge in [0.25, 0.3) is 0 Å². The fourth-order valence-electron chi connectivity index (χ4n) is 3.69. The Balaban J connectivity index is 1.48. The number of hydrogen-bond acceptors (Lipinski definition) is 2. The monoisotopic (exact) mass is 380 g/mol. The number of hydrogen-bond donors (Lipinski definition) is 2. The molecule has 2 aliphatic rings. The highest BCUT2D eigenvalue weighted by Crippen LogP contribution is 2.37. The van der Waals surface area contributed by atoms with Gasteiger partial charge in [-0.2, -0.15) is 13.2 Å². The lowest BCUT2D eigenvalue weighted by atomic mass is 9.85. The van der Waals surface area contributed by atoms with Crippen molar-refractivity contribution >= 4 is 11.6 Å². The van der Waals surface area contributed by atoms with E-state index in [4.69, 9.17) is 0 Å². The van der Waals surface area contributed by atoms with Crippen molar-refractivity contribution in [3.05, 3.63) is 42.0 Å². The number of guanidine groups is 1. The summed E-state index contributed by atoms with van der Waals surface area (Å²) in [7, 11) is 1.68. The molecule has 0 saturated heterocycles. The second-order valence-corrected chi connectivity index (χ2v) is 7.21. The van der Waals surface area contributed by atoms with Crippen molar-refractivity contribution in [2.24, 2.45) is 10.9 Å². The molecule has 4 nitrogen and oxygen atoms in total. The van der Waals surface area contributed by atoms with Crippen LogP contribution >= 0.6 is 0 Å². The maximum atomic E-state index is 12.8. The minimum atomic E-state index is -4.07. The molecule has 1 saturated carbocycles. The molecule has 2 N–H and O–H groups in total. The van der Waals surface area contributed by atoms with Crippen molar-refractivity contribution in [3.63, 3.8) is 0 Å². The van der Waals surface area contributed by atoms with Gasteiger partial charge in [-0.25, -0.2) is 0 Å². The van der Waals surface area contributed by atoms with Crippen molar-refractivity contribution < 1.29 is 13.2 Å². The predicted molar refractivity (Wildman–Crippen MR) is 103 cm³/mol. The second-order valence-electron chi connectivity index (χ2n) is 7.21. The third-order valence-corrected chi connectivity index (χ3v) is 5.31. The van der Waals surface area contributed by atoms with Crippen LogP contribution in [0.15, 0.2) is 41.4 Å². The minimum Gasteiger partial charge on any atom is -0.364 e. The molecule has 0 amide bonds. The Kier molecular flexibility index (Phi) is 6.29. The van der Waals surface area contributed by atoms with E-state index in [1.165, 1.54) is 5.69 Å². The van der Waals surface area contributed by atoms with Gasteiger partial charge >= 0.3 is 6.18 Å². The number of alkyl halides is 3. The molecule has 0 atom stereocenters. The first-order chi connectivity index (χ1) is 13.0. The molecule has 3 rings (SSSR count). The lowest BCUT2D eigenvalue weighted by Gasteiger charge is -2.31. The van der Waals surface area contributed by atoms with Gasteiger partial charge in [0, 0.05) is 38.4 Å². The number of nitrogens with one attached hydrogen (secondary N) is 2. The summed E-state index contributed by atoms with van der Waals surface area (Å²) < 4.78 is 38.4. The van der Waals surface area contributed by atoms with Gasteiger partial charge in [0.05, 0.1) is 5.92 Å². The quantitative estimate of drug-likeness (QED) is 0.474. The van der Waals surface area contributed by atoms with Crippen molar-refractivity contribution in [2.75, 3.05) is 25.0 Å². The van der Waals surface area contributed by atoms with Gasteiger partial charge < -0.3 is 15.5 Å². The average molecular weight is 380 g/mol. The van der Waals surface area contributed by atoms with Gasteiger partial charge in [-0.05, 0) is 43.4 Å². The molecule has 1 aromatic carbocycles. The molecule has 0 bridgehead atoms. The number of nitrogens with zero attached hydrogens (tertiary/aromatic N) is 2. The smallest absolute Gasteiger partial charge is 0.364 e. The molecule has 7 heteroatoms. The molecule has 0 spiro atoms. The molecule has 1 heterocycles. The van der Waals surface area contributed by atoms with Gasteiger partial charge in [-0.1, -0.05) is 24.3 Å². The Labute approximate surface area is 158 Å². The van der Waals surface area contributed by atoms with Crippen molar-refractivity contribution in [2.45, 2.75) is 44.4 Å².